The molecule has 0 spiro atoms. The Balaban J connectivity index is 3.72. The van der Waals surface area contributed by atoms with Crippen LogP contribution in [0.25, 0.3) is 0 Å². The minimum atomic E-state index is -1.42. The zero-order chi connectivity index (χ0) is 11.1. The van der Waals surface area contributed by atoms with Crippen molar-refractivity contribution >= 4 is 11.9 Å². The van der Waals surface area contributed by atoms with Gasteiger partial charge in [-0.3, -0.25) is 20.2 Å². The maximum absolute atomic E-state index is 10.3. The van der Waals surface area contributed by atoms with Crippen LogP contribution >= 0.6 is 0 Å². The molecule has 0 radical (unpaired) electrons. The van der Waals surface area contributed by atoms with Gasteiger partial charge in [0.25, 0.3) is 0 Å². The van der Waals surface area contributed by atoms with E-state index in [4.69, 9.17) is 0 Å². The van der Waals surface area contributed by atoms with Gasteiger partial charge in [0.1, 0.15) is 0 Å². The van der Waals surface area contributed by atoms with Crippen molar-refractivity contribution < 1.29 is 29.2 Å². The molecule has 0 saturated carbocycles. The van der Waals surface area contributed by atoms with Crippen LogP contribution in [-0.4, -0.2) is 34.9 Å². The van der Waals surface area contributed by atoms with Crippen LogP contribution < -0.4 is 0 Å². The van der Waals surface area contributed by atoms with Gasteiger partial charge in [0.15, 0.2) is 0 Å². The van der Waals surface area contributed by atoms with E-state index in [-0.39, 0.29) is 0 Å². The molecular formula is C4H4N2O8. The van der Waals surface area contributed by atoms with E-state index >= 15 is 0 Å². The fourth-order valence-electron chi connectivity index (χ4n) is 0.356. The molecule has 0 amide bonds. The second-order valence-corrected chi connectivity index (χ2v) is 1.89. The highest BCUT2D eigenvalue weighted by molar-refractivity contribution is 5.73. The van der Waals surface area contributed by atoms with Gasteiger partial charge in [-0.2, -0.15) is 0 Å². The number of rotatable bonds is 4. The highest BCUT2D eigenvalue weighted by atomic mass is 17.2. The normalized spacial score (nSPS) is 8.86. The molecule has 0 aliphatic carbocycles. The first-order valence-corrected chi connectivity index (χ1v) is 3.05. The molecule has 0 aromatic heterocycles. The van der Waals surface area contributed by atoms with Crippen molar-refractivity contribution in [1.82, 2.24) is 0 Å². The first-order chi connectivity index (χ1) is 6.41. The largest absolute Gasteiger partial charge is 0.425 e. The molecule has 14 heavy (non-hydrogen) atoms. The second kappa shape index (κ2) is 5.40. The van der Waals surface area contributed by atoms with Crippen LogP contribution in [0.4, 0.5) is 0 Å². The lowest BCUT2D eigenvalue weighted by Gasteiger charge is -1.97. The molecule has 0 aromatic rings. The van der Waals surface area contributed by atoms with E-state index in [1.54, 1.807) is 0 Å². The van der Waals surface area contributed by atoms with Gasteiger partial charge >= 0.3 is 25.0 Å². The van der Waals surface area contributed by atoms with Crippen LogP contribution in [0.1, 0.15) is 0 Å². The summed E-state index contributed by atoms with van der Waals surface area (Å²) in [6.45, 7) is -2.38. The van der Waals surface area contributed by atoms with Crippen molar-refractivity contribution in [2.45, 2.75) is 0 Å². The topological polar surface area (TPSA) is 139 Å². The molecule has 10 heteroatoms. The predicted octanol–water partition coefficient (Wildman–Crippen LogP) is -1.46. The van der Waals surface area contributed by atoms with E-state index in [1.807, 2.05) is 0 Å². The van der Waals surface area contributed by atoms with Crippen LogP contribution in [0.5, 0.6) is 0 Å². The zero-order valence-electron chi connectivity index (χ0n) is 6.57. The lowest BCUT2D eigenvalue weighted by atomic mass is 10.7. The van der Waals surface area contributed by atoms with Gasteiger partial charge in [-0.15, -0.1) is 0 Å². The van der Waals surface area contributed by atoms with E-state index in [2.05, 4.69) is 9.78 Å². The molecule has 0 heterocycles. The summed E-state index contributed by atoms with van der Waals surface area (Å²) in [6.07, 6.45) is 0. The third-order valence-electron chi connectivity index (χ3n) is 0.744. The monoisotopic (exact) mass is 208 g/mol. The Bertz CT molecular complexity index is 245. The van der Waals surface area contributed by atoms with Gasteiger partial charge in [-0.1, -0.05) is 0 Å². The van der Waals surface area contributed by atoms with Crippen molar-refractivity contribution in [3.63, 3.8) is 0 Å². The number of hydrogen-bond donors (Lipinski definition) is 0. The second-order valence-electron chi connectivity index (χ2n) is 1.89. The number of hydrogen-bond acceptors (Lipinski definition) is 8. The number of nitrogens with zero attached hydrogens (tertiary/aromatic N) is 2. The molecule has 78 valence electrons. The van der Waals surface area contributed by atoms with Gasteiger partial charge in [-0.05, 0) is 0 Å². The van der Waals surface area contributed by atoms with Gasteiger partial charge in [0.05, 0.1) is 0 Å². The highest BCUT2D eigenvalue weighted by Crippen LogP contribution is 1.85. The first kappa shape index (κ1) is 11.7. The number of carbonyl (C=O) groups is 2. The van der Waals surface area contributed by atoms with E-state index in [0.29, 0.717) is 0 Å². The van der Waals surface area contributed by atoms with Crippen LogP contribution in [0, 0.1) is 20.2 Å². The molecule has 0 unspecified atom stereocenters. The van der Waals surface area contributed by atoms with E-state index in [1.165, 1.54) is 0 Å². The summed E-state index contributed by atoms with van der Waals surface area (Å²) < 4.78 is 0. The van der Waals surface area contributed by atoms with Crippen molar-refractivity contribution in [1.29, 1.82) is 0 Å². The predicted molar refractivity (Wildman–Crippen MR) is 35.9 cm³/mol. The fourth-order valence-corrected chi connectivity index (χ4v) is 0.356. The summed E-state index contributed by atoms with van der Waals surface area (Å²) in [5.41, 5.74) is 0. The molecule has 0 fully saturated rings. The molecule has 0 aliphatic rings. The summed E-state index contributed by atoms with van der Waals surface area (Å²) in [7, 11) is 0. The lowest BCUT2D eigenvalue weighted by molar-refractivity contribution is -0.479. The lowest BCUT2D eigenvalue weighted by Crippen LogP contribution is -2.22. The Morgan fingerprint density at radius 1 is 0.929 bits per heavy atom. The van der Waals surface area contributed by atoms with Crippen molar-refractivity contribution in [3.8, 4) is 0 Å². The smallest absolute Gasteiger partial charge is 0.264 e. The molecule has 0 N–H and O–H groups in total. The van der Waals surface area contributed by atoms with Crippen LogP contribution in [0.2, 0.25) is 0 Å². The van der Waals surface area contributed by atoms with E-state index in [0.717, 1.165) is 0 Å². The summed E-state index contributed by atoms with van der Waals surface area (Å²) >= 11 is 0. The molecule has 0 aromatic carbocycles. The van der Waals surface area contributed by atoms with Gasteiger partial charge in [-0.25, -0.2) is 19.4 Å². The number of carbonyl (C=O) groups excluding carboxylic acids is 2. The Kier molecular flexibility index (Phi) is 4.53. The average Bonchev–Trinajstić information content (AvgIpc) is 1.98. The maximum Gasteiger partial charge on any atom is 0.425 e. The third kappa shape index (κ3) is 6.45. The maximum atomic E-state index is 10.3. The quantitative estimate of drug-likeness (QED) is 0.310. The minimum absolute atomic E-state index is 1.01. The number of nitro groups is 2. The van der Waals surface area contributed by atoms with Gasteiger partial charge in [0, 0.05) is 9.85 Å². The summed E-state index contributed by atoms with van der Waals surface area (Å²) in [5, 5.41) is 19.4. The van der Waals surface area contributed by atoms with Gasteiger partial charge < -0.3 is 0 Å². The Morgan fingerprint density at radius 2 is 1.21 bits per heavy atom. The van der Waals surface area contributed by atoms with Crippen molar-refractivity contribution in [3.05, 3.63) is 20.2 Å². The minimum Gasteiger partial charge on any atom is -0.264 e. The molecule has 0 aliphatic heterocycles. The van der Waals surface area contributed by atoms with Crippen molar-refractivity contribution in [2.24, 2.45) is 0 Å². The highest BCUT2D eigenvalue weighted by Gasteiger charge is 2.18. The average molecular weight is 208 g/mol. The summed E-state index contributed by atoms with van der Waals surface area (Å²) in [5.74, 6) is -2.85. The fraction of sp³-hybridized carbons (Fsp3) is 0.500. The molecule has 0 saturated heterocycles. The Morgan fingerprint density at radius 3 is 1.43 bits per heavy atom. The molecular weight excluding hydrogens is 204 g/mol. The van der Waals surface area contributed by atoms with Crippen LogP contribution in [0.15, 0.2) is 0 Å². The first-order valence-electron chi connectivity index (χ1n) is 3.05. The molecule has 0 rings (SSSR count). The van der Waals surface area contributed by atoms with Gasteiger partial charge in [0.2, 0.25) is 0 Å². The Hall–Kier alpha value is -2.26. The molecule has 0 bridgehead atoms. The molecule has 10 nitrogen and oxygen atoms in total. The van der Waals surface area contributed by atoms with Crippen LogP contribution in [-0.2, 0) is 19.4 Å². The third-order valence-corrected chi connectivity index (χ3v) is 0.744. The zero-order valence-corrected chi connectivity index (χ0v) is 6.57. The van der Waals surface area contributed by atoms with Crippen molar-refractivity contribution in [2.75, 3.05) is 13.1 Å². The summed E-state index contributed by atoms with van der Waals surface area (Å²) in [6, 6.07) is 0. The Labute approximate surface area is 75.6 Å². The van der Waals surface area contributed by atoms with E-state index in [9.17, 15) is 29.8 Å². The summed E-state index contributed by atoms with van der Waals surface area (Å²) in [4.78, 5) is 45.2. The SMILES string of the molecule is O=C(C[N+](=O)[O-])OOC(=O)C[N+](=O)[O-]. The molecule has 0 atom stereocenters. The van der Waals surface area contributed by atoms with E-state index < -0.39 is 34.9 Å². The van der Waals surface area contributed by atoms with Crippen LogP contribution in [0.3, 0.4) is 0 Å². The standard InChI is InChI=1S/C4H4N2O8/c7-3(1-5(9)10)13-14-4(8)2-6(11)12/h1-2H2.